The fourth-order valence-electron chi connectivity index (χ4n) is 2.30. The number of piperazine rings is 1. The molecule has 0 aliphatic carbocycles. The molecule has 1 fully saturated rings. The molecular formula is C15H22N4O5. The highest BCUT2D eigenvalue weighted by molar-refractivity contribution is 5.95. The van der Waals surface area contributed by atoms with Crippen LogP contribution >= 0.6 is 0 Å². The van der Waals surface area contributed by atoms with Gasteiger partial charge < -0.3 is 19.4 Å². The minimum absolute atomic E-state index is 0.102. The lowest BCUT2D eigenvalue weighted by Gasteiger charge is -2.33. The first kappa shape index (κ1) is 17.8. The molecule has 0 radical (unpaired) electrons. The lowest BCUT2D eigenvalue weighted by Crippen LogP contribution is -2.52. The molecule has 2 rings (SSSR count). The maximum absolute atomic E-state index is 11.9. The van der Waals surface area contributed by atoms with E-state index in [1.807, 2.05) is 4.90 Å². The van der Waals surface area contributed by atoms with E-state index in [2.05, 4.69) is 10.6 Å². The molecule has 1 aromatic heterocycles. The van der Waals surface area contributed by atoms with Crippen LogP contribution in [-0.2, 0) is 16.1 Å². The van der Waals surface area contributed by atoms with E-state index in [1.54, 1.807) is 24.0 Å². The molecule has 2 heterocycles. The van der Waals surface area contributed by atoms with Crippen LogP contribution in [0.2, 0.25) is 0 Å². The highest BCUT2D eigenvalue weighted by atomic mass is 16.6. The highest BCUT2D eigenvalue weighted by Crippen LogP contribution is 2.03. The maximum atomic E-state index is 11.9. The van der Waals surface area contributed by atoms with E-state index in [9.17, 15) is 14.4 Å². The summed E-state index contributed by atoms with van der Waals surface area (Å²) in [5.74, 6) is 0.212. The van der Waals surface area contributed by atoms with Crippen molar-refractivity contribution in [1.29, 1.82) is 0 Å². The van der Waals surface area contributed by atoms with Crippen molar-refractivity contribution in [3.05, 3.63) is 24.2 Å². The van der Waals surface area contributed by atoms with Gasteiger partial charge in [0.25, 0.3) is 0 Å². The van der Waals surface area contributed by atoms with Gasteiger partial charge in [0, 0.05) is 26.2 Å². The van der Waals surface area contributed by atoms with Crippen molar-refractivity contribution >= 4 is 18.0 Å². The minimum atomic E-state index is -0.568. The summed E-state index contributed by atoms with van der Waals surface area (Å²) in [6, 6.07) is 2.88. The summed E-state index contributed by atoms with van der Waals surface area (Å²) in [5, 5.41) is 4.80. The van der Waals surface area contributed by atoms with Crippen molar-refractivity contribution in [2.45, 2.75) is 13.5 Å². The van der Waals surface area contributed by atoms with E-state index in [0.29, 0.717) is 38.5 Å². The molecule has 0 aromatic carbocycles. The molecule has 4 amide bonds. The van der Waals surface area contributed by atoms with Crippen LogP contribution in [0.1, 0.15) is 12.7 Å². The molecule has 9 heteroatoms. The number of urea groups is 1. The van der Waals surface area contributed by atoms with Crippen molar-refractivity contribution in [2.75, 3.05) is 39.3 Å². The van der Waals surface area contributed by atoms with Crippen molar-refractivity contribution in [3.8, 4) is 0 Å². The second-order valence-corrected chi connectivity index (χ2v) is 5.27. The average molecular weight is 338 g/mol. The van der Waals surface area contributed by atoms with Crippen LogP contribution in [0.4, 0.5) is 9.59 Å². The van der Waals surface area contributed by atoms with Gasteiger partial charge in [-0.3, -0.25) is 15.0 Å². The van der Waals surface area contributed by atoms with Crippen LogP contribution in [0.5, 0.6) is 0 Å². The SMILES string of the molecule is CCOC(=O)N1CCN(CC(=O)NC(=O)NCc2ccco2)CC1. The van der Waals surface area contributed by atoms with Gasteiger partial charge in [0.15, 0.2) is 0 Å². The Kier molecular flexibility index (Phi) is 6.62. The Balaban J connectivity index is 1.64. The zero-order valence-corrected chi connectivity index (χ0v) is 13.6. The number of furan rings is 1. The van der Waals surface area contributed by atoms with E-state index in [1.165, 1.54) is 6.26 Å². The van der Waals surface area contributed by atoms with E-state index >= 15 is 0 Å². The normalized spacial score (nSPS) is 15.0. The maximum Gasteiger partial charge on any atom is 0.409 e. The molecule has 0 atom stereocenters. The van der Waals surface area contributed by atoms with Gasteiger partial charge in [-0.1, -0.05) is 0 Å². The molecule has 2 N–H and O–H groups in total. The zero-order chi connectivity index (χ0) is 17.4. The number of nitrogens with zero attached hydrogens (tertiary/aromatic N) is 2. The Hall–Kier alpha value is -2.55. The third-order valence-electron chi connectivity index (χ3n) is 3.52. The smallest absolute Gasteiger partial charge is 0.409 e. The Labute approximate surface area is 139 Å². The molecule has 24 heavy (non-hydrogen) atoms. The Bertz CT molecular complexity index is 552. The van der Waals surface area contributed by atoms with Gasteiger partial charge in [-0.25, -0.2) is 9.59 Å². The number of imide groups is 1. The Morgan fingerprint density at radius 2 is 2.00 bits per heavy atom. The predicted octanol–water partition coefficient (Wildman–Crippen LogP) is 0.380. The van der Waals surface area contributed by atoms with Crippen LogP contribution in [0.25, 0.3) is 0 Å². The number of nitrogens with one attached hydrogen (secondary N) is 2. The topological polar surface area (TPSA) is 104 Å². The van der Waals surface area contributed by atoms with E-state index in [4.69, 9.17) is 9.15 Å². The number of amides is 4. The zero-order valence-electron chi connectivity index (χ0n) is 13.6. The van der Waals surface area contributed by atoms with Gasteiger partial charge in [-0.05, 0) is 19.1 Å². The molecule has 1 aliphatic heterocycles. The average Bonchev–Trinajstić information content (AvgIpc) is 3.07. The third kappa shape index (κ3) is 5.58. The highest BCUT2D eigenvalue weighted by Gasteiger charge is 2.23. The van der Waals surface area contributed by atoms with Crippen LogP contribution in [0.15, 0.2) is 22.8 Å². The van der Waals surface area contributed by atoms with Crippen LogP contribution in [0.3, 0.4) is 0 Å². The van der Waals surface area contributed by atoms with E-state index in [-0.39, 0.29) is 19.2 Å². The number of ether oxygens (including phenoxy) is 1. The van der Waals surface area contributed by atoms with Gasteiger partial charge in [-0.15, -0.1) is 0 Å². The number of carbonyl (C=O) groups is 3. The Morgan fingerprint density at radius 1 is 1.25 bits per heavy atom. The lowest BCUT2D eigenvalue weighted by atomic mass is 10.3. The number of rotatable bonds is 5. The van der Waals surface area contributed by atoms with Gasteiger partial charge in [-0.2, -0.15) is 0 Å². The van der Waals surface area contributed by atoms with Crippen molar-refractivity contribution in [2.24, 2.45) is 0 Å². The number of hydrogen-bond donors (Lipinski definition) is 2. The Morgan fingerprint density at radius 3 is 2.62 bits per heavy atom. The lowest BCUT2D eigenvalue weighted by molar-refractivity contribution is -0.121. The summed E-state index contributed by atoms with van der Waals surface area (Å²) >= 11 is 0. The molecule has 1 saturated heterocycles. The first-order valence-corrected chi connectivity index (χ1v) is 7.82. The summed E-state index contributed by atoms with van der Waals surface area (Å²) in [6.07, 6.45) is 1.18. The first-order chi connectivity index (χ1) is 11.6. The fourth-order valence-corrected chi connectivity index (χ4v) is 2.30. The molecule has 0 unspecified atom stereocenters. The summed E-state index contributed by atoms with van der Waals surface area (Å²) < 4.78 is 10.0. The van der Waals surface area contributed by atoms with Crippen LogP contribution in [-0.4, -0.2) is 67.2 Å². The van der Waals surface area contributed by atoms with Crippen LogP contribution in [0, 0.1) is 0 Å². The number of hydrogen-bond acceptors (Lipinski definition) is 6. The predicted molar refractivity (Wildman–Crippen MR) is 84.1 cm³/mol. The second-order valence-electron chi connectivity index (χ2n) is 5.27. The molecule has 1 aromatic rings. The second kappa shape index (κ2) is 8.92. The minimum Gasteiger partial charge on any atom is -0.467 e. The molecule has 132 valence electrons. The molecule has 0 saturated carbocycles. The van der Waals surface area contributed by atoms with Crippen LogP contribution < -0.4 is 10.6 Å². The fraction of sp³-hybridized carbons (Fsp3) is 0.533. The molecule has 9 nitrogen and oxygen atoms in total. The van der Waals surface area contributed by atoms with Gasteiger partial charge in [0.1, 0.15) is 5.76 Å². The van der Waals surface area contributed by atoms with Crippen molar-refractivity contribution in [1.82, 2.24) is 20.4 Å². The first-order valence-electron chi connectivity index (χ1n) is 7.82. The molecule has 1 aliphatic rings. The summed E-state index contributed by atoms with van der Waals surface area (Å²) in [6.45, 7) is 4.52. The van der Waals surface area contributed by atoms with E-state index in [0.717, 1.165) is 0 Å². The van der Waals surface area contributed by atoms with E-state index < -0.39 is 11.9 Å². The summed E-state index contributed by atoms with van der Waals surface area (Å²) in [7, 11) is 0. The summed E-state index contributed by atoms with van der Waals surface area (Å²) in [5.41, 5.74) is 0. The molecule has 0 bridgehead atoms. The van der Waals surface area contributed by atoms with Gasteiger partial charge >= 0.3 is 12.1 Å². The summed E-state index contributed by atoms with van der Waals surface area (Å²) in [4.78, 5) is 38.6. The third-order valence-corrected chi connectivity index (χ3v) is 3.52. The molecule has 0 spiro atoms. The number of carbonyl (C=O) groups excluding carboxylic acids is 3. The van der Waals surface area contributed by atoms with Crippen molar-refractivity contribution < 1.29 is 23.5 Å². The van der Waals surface area contributed by atoms with Gasteiger partial charge in [0.05, 0.1) is 26.0 Å². The quantitative estimate of drug-likeness (QED) is 0.804. The monoisotopic (exact) mass is 338 g/mol. The molecular weight excluding hydrogens is 316 g/mol. The van der Waals surface area contributed by atoms with Crippen molar-refractivity contribution in [3.63, 3.8) is 0 Å². The standard InChI is InChI=1S/C15H22N4O5/c1-2-23-15(22)19-7-5-18(6-8-19)11-13(20)17-14(21)16-10-12-4-3-9-24-12/h3-4,9H,2,5-8,10-11H2,1H3,(H2,16,17,20,21). The van der Waals surface area contributed by atoms with Gasteiger partial charge in [0.2, 0.25) is 5.91 Å². The largest absolute Gasteiger partial charge is 0.467 e.